The zero-order valence-corrected chi connectivity index (χ0v) is 24.6. The van der Waals surface area contributed by atoms with Crippen LogP contribution in [-0.2, 0) is 31.8 Å². The van der Waals surface area contributed by atoms with Crippen molar-refractivity contribution in [3.8, 4) is 6.07 Å². The van der Waals surface area contributed by atoms with Crippen LogP contribution in [0.25, 0.3) is 10.9 Å². The first-order valence-electron chi connectivity index (χ1n) is 13.9. The molecule has 43 heavy (non-hydrogen) atoms. The third kappa shape index (κ3) is 5.06. The number of hydrogen-bond acceptors (Lipinski definition) is 8. The predicted molar refractivity (Wildman–Crippen MR) is 151 cm³/mol. The number of carbonyl (C=O) groups is 1. The zero-order chi connectivity index (χ0) is 31.6. The predicted octanol–water partition coefficient (Wildman–Crippen LogP) is 4.93. The molecule has 0 saturated carbocycles. The Morgan fingerprint density at radius 1 is 1.30 bits per heavy atom. The van der Waals surface area contributed by atoms with Gasteiger partial charge in [0, 0.05) is 17.3 Å². The Kier molecular flexibility index (Phi) is 7.17. The molecule has 230 valence electrons. The minimum Gasteiger partial charge on any atom is -0.458 e. The monoisotopic (exact) mass is 601 g/mol. The summed E-state index contributed by atoms with van der Waals surface area (Å²) >= 11 is 0. The minimum absolute atomic E-state index is 0.0227. The second kappa shape index (κ2) is 10.1. The average Bonchev–Trinajstić information content (AvgIpc) is 3.36. The van der Waals surface area contributed by atoms with E-state index in [9.17, 15) is 33.1 Å². The number of halogens is 3. The summed E-state index contributed by atoms with van der Waals surface area (Å²) in [6.45, 7) is 7.97. The number of nitrogens with one attached hydrogen (secondary N) is 2. The molecule has 10 nitrogen and oxygen atoms in total. The largest absolute Gasteiger partial charge is 0.458 e. The SMILES string of the molecule is CC(C)(C)OC(=O)[C@@H]1CC[C@@](CC#N)(n2nc(Nc3ccc4c(c3)CC(C)(C)[C@]4(O)C(F)(F)F)c3c(=O)[nH]ccc32)CO1. The van der Waals surface area contributed by atoms with Crippen LogP contribution in [0.1, 0.15) is 65.0 Å². The maximum absolute atomic E-state index is 14.0. The number of esters is 1. The van der Waals surface area contributed by atoms with E-state index in [0.29, 0.717) is 23.2 Å². The molecule has 1 aliphatic carbocycles. The van der Waals surface area contributed by atoms with Crippen LogP contribution in [0, 0.1) is 16.7 Å². The molecule has 1 saturated heterocycles. The van der Waals surface area contributed by atoms with Crippen molar-refractivity contribution >= 4 is 28.4 Å². The van der Waals surface area contributed by atoms with Gasteiger partial charge < -0.3 is 24.9 Å². The molecule has 0 spiro atoms. The number of nitrogens with zero attached hydrogens (tertiary/aromatic N) is 3. The molecule has 3 heterocycles. The van der Waals surface area contributed by atoms with Crippen molar-refractivity contribution in [1.82, 2.24) is 14.8 Å². The van der Waals surface area contributed by atoms with E-state index in [-0.39, 0.29) is 42.6 Å². The van der Waals surface area contributed by atoms with Gasteiger partial charge >= 0.3 is 12.1 Å². The van der Waals surface area contributed by atoms with Crippen LogP contribution in [0.4, 0.5) is 24.7 Å². The Morgan fingerprint density at radius 2 is 2.02 bits per heavy atom. The van der Waals surface area contributed by atoms with Gasteiger partial charge in [0.25, 0.3) is 5.56 Å². The van der Waals surface area contributed by atoms with Crippen molar-refractivity contribution in [3.05, 3.63) is 51.9 Å². The summed E-state index contributed by atoms with van der Waals surface area (Å²) < 4.78 is 55.0. The first-order chi connectivity index (χ1) is 19.9. The maximum Gasteiger partial charge on any atom is 0.421 e. The number of rotatable bonds is 5. The van der Waals surface area contributed by atoms with Crippen LogP contribution in [0.5, 0.6) is 0 Å². The molecular formula is C30H34F3N5O5. The van der Waals surface area contributed by atoms with Gasteiger partial charge in [-0.15, -0.1) is 0 Å². The first kappa shape index (κ1) is 30.6. The number of H-pyrrole nitrogens is 1. The summed E-state index contributed by atoms with van der Waals surface area (Å²) in [5.41, 5.74) is -5.79. The van der Waals surface area contributed by atoms with E-state index in [2.05, 4.69) is 21.5 Å². The van der Waals surface area contributed by atoms with E-state index in [1.807, 2.05) is 0 Å². The van der Waals surface area contributed by atoms with Crippen LogP contribution in [0.3, 0.4) is 0 Å². The molecule has 1 fully saturated rings. The number of pyridine rings is 1. The summed E-state index contributed by atoms with van der Waals surface area (Å²) in [4.78, 5) is 28.3. The van der Waals surface area contributed by atoms with Gasteiger partial charge in [-0.1, -0.05) is 19.9 Å². The molecule has 3 atom stereocenters. The van der Waals surface area contributed by atoms with Crippen molar-refractivity contribution in [2.45, 2.75) is 89.3 Å². The van der Waals surface area contributed by atoms with Crippen LogP contribution >= 0.6 is 0 Å². The number of fused-ring (bicyclic) bond motifs is 2. The molecule has 3 aromatic rings. The first-order valence-corrected chi connectivity index (χ1v) is 13.9. The fourth-order valence-electron chi connectivity index (χ4n) is 6.23. The highest BCUT2D eigenvalue weighted by molar-refractivity contribution is 5.91. The lowest BCUT2D eigenvalue weighted by Crippen LogP contribution is -2.50. The van der Waals surface area contributed by atoms with Gasteiger partial charge in [0.2, 0.25) is 0 Å². The molecule has 1 aromatic carbocycles. The van der Waals surface area contributed by atoms with Crippen molar-refractivity contribution in [2.24, 2.45) is 5.41 Å². The number of alkyl halides is 3. The number of anilines is 2. The zero-order valence-electron chi connectivity index (χ0n) is 24.6. The van der Waals surface area contributed by atoms with Crippen LogP contribution in [-0.4, -0.2) is 50.3 Å². The number of benzene rings is 1. The Morgan fingerprint density at radius 3 is 2.63 bits per heavy atom. The smallest absolute Gasteiger partial charge is 0.421 e. The summed E-state index contributed by atoms with van der Waals surface area (Å²) in [6.07, 6.45) is -3.70. The highest BCUT2D eigenvalue weighted by atomic mass is 19.4. The van der Waals surface area contributed by atoms with Crippen molar-refractivity contribution in [3.63, 3.8) is 0 Å². The summed E-state index contributed by atoms with van der Waals surface area (Å²) in [5, 5.41) is 28.5. The number of ether oxygens (including phenoxy) is 2. The summed E-state index contributed by atoms with van der Waals surface area (Å²) in [5.74, 6) is -0.369. The maximum atomic E-state index is 14.0. The summed E-state index contributed by atoms with van der Waals surface area (Å²) in [7, 11) is 0. The quantitative estimate of drug-likeness (QED) is 0.350. The average molecular weight is 602 g/mol. The van der Waals surface area contributed by atoms with Gasteiger partial charge in [0.05, 0.1) is 30.2 Å². The van der Waals surface area contributed by atoms with E-state index < -0.39 is 46.0 Å². The van der Waals surface area contributed by atoms with Crippen molar-refractivity contribution in [1.29, 1.82) is 5.26 Å². The second-order valence-corrected chi connectivity index (χ2v) is 13.0. The molecule has 0 bridgehead atoms. The molecule has 2 aliphatic rings. The highest BCUT2D eigenvalue weighted by Gasteiger charge is 2.66. The lowest BCUT2D eigenvalue weighted by molar-refractivity contribution is -0.299. The third-order valence-electron chi connectivity index (χ3n) is 8.34. The van der Waals surface area contributed by atoms with Gasteiger partial charge in [-0.25, -0.2) is 4.79 Å². The molecule has 3 N–H and O–H groups in total. The van der Waals surface area contributed by atoms with Gasteiger partial charge in [-0.2, -0.15) is 23.5 Å². The Balaban J connectivity index is 1.51. The molecule has 13 heteroatoms. The number of aliphatic hydroxyl groups is 1. The standard InChI is InChI=1S/C30H34F3N5O5/c1-26(2,3)43-25(40)21-8-10-28(11-12-34,16-42-21)38-20-9-13-35-24(39)22(20)23(37-38)36-18-6-7-19-17(14-18)15-27(4,5)29(19,41)30(31,32)33/h6-7,9,13-14,21,41H,8,10-11,15-16H2,1-5H3,(H,35,39)(H,36,37)/t21-,28-,29-/m0/s1. The fraction of sp³-hybridized carbons (Fsp3) is 0.533. The molecule has 0 radical (unpaired) electrons. The Labute approximate surface area is 245 Å². The van der Waals surface area contributed by atoms with Crippen LogP contribution < -0.4 is 10.9 Å². The second-order valence-electron chi connectivity index (χ2n) is 13.0. The number of aromatic nitrogens is 3. The van der Waals surface area contributed by atoms with Gasteiger partial charge in [-0.3, -0.25) is 9.48 Å². The van der Waals surface area contributed by atoms with Gasteiger partial charge in [0.1, 0.15) is 11.0 Å². The number of hydrogen-bond donors (Lipinski definition) is 3. The van der Waals surface area contributed by atoms with E-state index in [4.69, 9.17) is 9.47 Å². The molecule has 0 unspecified atom stereocenters. The van der Waals surface area contributed by atoms with E-state index in [1.165, 1.54) is 38.2 Å². The van der Waals surface area contributed by atoms with E-state index in [0.717, 1.165) is 0 Å². The molecule has 5 rings (SSSR count). The topological polar surface area (TPSA) is 142 Å². The number of aromatic amines is 1. The van der Waals surface area contributed by atoms with Crippen LogP contribution in [0.2, 0.25) is 0 Å². The molecule has 2 aromatic heterocycles. The van der Waals surface area contributed by atoms with Crippen molar-refractivity contribution < 1.29 is 32.5 Å². The van der Waals surface area contributed by atoms with Crippen LogP contribution in [0.15, 0.2) is 35.3 Å². The molecular weight excluding hydrogens is 567 g/mol. The van der Waals surface area contributed by atoms with Crippen molar-refractivity contribution in [2.75, 3.05) is 11.9 Å². The van der Waals surface area contributed by atoms with Gasteiger partial charge in [0.15, 0.2) is 17.5 Å². The lowest BCUT2D eigenvalue weighted by Gasteiger charge is -2.39. The normalized spacial score (nSPS) is 25.3. The molecule has 1 aliphatic heterocycles. The molecule has 0 amide bonds. The fourth-order valence-corrected chi connectivity index (χ4v) is 6.23. The van der Waals surface area contributed by atoms with E-state index >= 15 is 0 Å². The minimum atomic E-state index is -4.88. The number of nitriles is 1. The third-order valence-corrected chi connectivity index (χ3v) is 8.34. The Hall–Kier alpha value is -3.89. The van der Waals surface area contributed by atoms with E-state index in [1.54, 1.807) is 31.5 Å². The summed E-state index contributed by atoms with van der Waals surface area (Å²) in [6, 6.07) is 7.98. The Bertz CT molecular complexity index is 1670. The highest BCUT2D eigenvalue weighted by Crippen LogP contribution is 2.58. The van der Waals surface area contributed by atoms with Gasteiger partial charge in [-0.05, 0) is 69.4 Å². The lowest BCUT2D eigenvalue weighted by atomic mass is 9.75. The number of carbonyl (C=O) groups excluding carboxylic acids is 1.